The van der Waals surface area contributed by atoms with Gasteiger partial charge in [0.05, 0.1) is 34.6 Å². The Hall–Kier alpha value is -7.29. The Balaban J connectivity index is 0.794. The number of pyridine rings is 1. The number of benzene rings is 2. The fourth-order valence-corrected chi connectivity index (χ4v) is 7.80. The minimum atomic E-state index is -3.86. The molecule has 2 atom stereocenters. The van der Waals surface area contributed by atoms with Gasteiger partial charge in [-0.25, -0.2) is 4.98 Å². The van der Waals surface area contributed by atoms with Gasteiger partial charge in [-0.2, -0.15) is 5.10 Å². The molecule has 6 amide bonds. The standard InChI is InChI=1S/C41H39ClF2N12O7/c42-41(43,44)63-27-9-7-24(8-10-27)49-37(59)23-19-29(30-13-15-47-52-30)36(46-20-23)54-17-14-25(21-54)48-33(57)6-1-3-26-22-55(53-51-26)18-16-45-31-5-2-4-28-35(31)40(62)56(39(28)61)32-11-12-34(58)50-38(32)60/h2,4-5,7-10,13,15,19-20,22,25,32,45H,1,3,6,11-12,14,16-18,21H2,(H,47,52)(H,48,57)(H,49,59)(H,50,58,60)/t25-,32?/m1/s1. The first-order chi connectivity index (χ1) is 30.3. The molecule has 3 aromatic heterocycles. The van der Waals surface area contributed by atoms with Crippen molar-refractivity contribution < 1.29 is 42.3 Å². The van der Waals surface area contributed by atoms with Crippen LogP contribution in [0.15, 0.2) is 73.2 Å². The monoisotopic (exact) mass is 884 g/mol. The van der Waals surface area contributed by atoms with Crippen LogP contribution in [0.5, 0.6) is 5.75 Å². The summed E-state index contributed by atoms with van der Waals surface area (Å²) in [6.45, 7) is 1.81. The maximum Gasteiger partial charge on any atom is 0.487 e. The number of hydrogen-bond donors (Lipinski definition) is 5. The van der Waals surface area contributed by atoms with Gasteiger partial charge in [-0.15, -0.1) is 13.9 Å². The van der Waals surface area contributed by atoms with Gasteiger partial charge in [-0.05, 0) is 74.2 Å². The maximum atomic E-state index is 13.4. The highest BCUT2D eigenvalue weighted by atomic mass is 35.5. The summed E-state index contributed by atoms with van der Waals surface area (Å²) in [5, 5.41) is 26.6. The summed E-state index contributed by atoms with van der Waals surface area (Å²) in [4.78, 5) is 84.3. The number of carbonyl (C=O) groups excluding carboxylic acids is 6. The fourth-order valence-electron chi connectivity index (χ4n) is 7.71. The molecular formula is C41H39ClF2N12O7. The molecule has 0 saturated carbocycles. The van der Waals surface area contributed by atoms with E-state index in [1.807, 2.05) is 4.90 Å². The number of nitrogens with zero attached hydrogens (tertiary/aromatic N) is 7. The number of ether oxygens (including phenoxy) is 1. The van der Waals surface area contributed by atoms with Crippen molar-refractivity contribution in [1.82, 2.24) is 45.7 Å². The molecule has 2 aromatic carbocycles. The van der Waals surface area contributed by atoms with Gasteiger partial charge in [0, 0.05) is 85.6 Å². The van der Waals surface area contributed by atoms with Crippen molar-refractivity contribution in [2.24, 2.45) is 0 Å². The van der Waals surface area contributed by atoms with Crippen LogP contribution in [0, 0.1) is 0 Å². The first-order valence-corrected chi connectivity index (χ1v) is 20.4. The number of imide groups is 2. The summed E-state index contributed by atoms with van der Waals surface area (Å²) in [5.41, 5.74) is -0.547. The molecule has 8 rings (SSSR count). The highest BCUT2D eigenvalue weighted by Crippen LogP contribution is 2.34. The number of aryl methyl sites for hydroxylation is 1. The topological polar surface area (TPSA) is 239 Å². The first kappa shape index (κ1) is 42.4. The van der Waals surface area contributed by atoms with Crippen LogP contribution in [0.2, 0.25) is 0 Å². The van der Waals surface area contributed by atoms with Crippen molar-refractivity contribution in [3.05, 3.63) is 95.6 Å². The number of piperidine rings is 1. The number of H-pyrrole nitrogens is 1. The van der Waals surface area contributed by atoms with Gasteiger partial charge in [-0.3, -0.25) is 48.8 Å². The Bertz CT molecular complexity index is 2570. The molecule has 3 aliphatic heterocycles. The lowest BCUT2D eigenvalue weighted by Gasteiger charge is -2.27. The van der Waals surface area contributed by atoms with Gasteiger partial charge < -0.3 is 25.6 Å². The number of hydrogen-bond acceptors (Lipinski definition) is 13. The Morgan fingerprint density at radius 2 is 1.84 bits per heavy atom. The molecule has 2 saturated heterocycles. The van der Waals surface area contributed by atoms with Crippen LogP contribution >= 0.6 is 11.6 Å². The minimum Gasteiger partial charge on any atom is -0.420 e. The zero-order valence-electron chi connectivity index (χ0n) is 33.3. The molecule has 2 fully saturated rings. The molecule has 3 aliphatic rings. The predicted octanol–water partition coefficient (Wildman–Crippen LogP) is 3.71. The second-order valence-corrected chi connectivity index (χ2v) is 15.5. The first-order valence-electron chi connectivity index (χ1n) is 20.0. The van der Waals surface area contributed by atoms with Crippen LogP contribution in [0.25, 0.3) is 11.3 Å². The van der Waals surface area contributed by atoms with Crippen LogP contribution in [0.3, 0.4) is 0 Å². The van der Waals surface area contributed by atoms with Gasteiger partial charge >= 0.3 is 5.57 Å². The third-order valence-corrected chi connectivity index (χ3v) is 10.7. The molecule has 6 heterocycles. The number of halogens is 3. The fraction of sp³-hybridized carbons (Fsp3) is 0.317. The molecule has 5 aromatic rings. The summed E-state index contributed by atoms with van der Waals surface area (Å²) in [6.07, 6.45) is 6.89. The molecule has 1 unspecified atom stereocenters. The number of nitrogens with one attached hydrogen (secondary N) is 5. The third kappa shape index (κ3) is 9.77. The number of amides is 6. The lowest BCUT2D eigenvalue weighted by atomic mass is 10.0. The summed E-state index contributed by atoms with van der Waals surface area (Å²) < 4.78 is 31.9. The van der Waals surface area contributed by atoms with E-state index in [1.165, 1.54) is 36.5 Å². The smallest absolute Gasteiger partial charge is 0.420 e. The van der Waals surface area contributed by atoms with E-state index < -0.39 is 41.1 Å². The molecule has 326 valence electrons. The Labute approximate surface area is 361 Å². The van der Waals surface area contributed by atoms with Crippen molar-refractivity contribution in [2.75, 3.05) is 35.2 Å². The van der Waals surface area contributed by atoms with E-state index in [1.54, 1.807) is 41.3 Å². The highest BCUT2D eigenvalue weighted by Gasteiger charge is 2.45. The number of fused-ring (bicyclic) bond motifs is 1. The summed E-state index contributed by atoms with van der Waals surface area (Å²) in [5.74, 6) is -2.46. The van der Waals surface area contributed by atoms with E-state index in [0.717, 1.165) is 4.90 Å². The second-order valence-electron chi connectivity index (χ2n) is 15.0. The van der Waals surface area contributed by atoms with E-state index >= 15 is 0 Å². The molecule has 22 heteroatoms. The SMILES string of the molecule is O=C1CCC(N2C(=O)c3cccc(NCCn4cc(CCCC(=O)N[C@@H]5CCN(c6ncc(C(=O)Nc7ccc(OC(F)(F)Cl)cc7)cc6-c6ccn[nH]6)C5)nn4)c3C2=O)C(=O)N1. The zero-order chi connectivity index (χ0) is 44.3. The number of rotatable bonds is 16. The van der Waals surface area contributed by atoms with Crippen LogP contribution in [-0.4, -0.2) is 108 Å². The normalized spacial score (nSPS) is 17.4. The summed E-state index contributed by atoms with van der Waals surface area (Å²) in [7, 11) is 0. The molecule has 0 spiro atoms. The molecule has 63 heavy (non-hydrogen) atoms. The largest absolute Gasteiger partial charge is 0.487 e. The van der Waals surface area contributed by atoms with Crippen molar-refractivity contribution in [1.29, 1.82) is 0 Å². The lowest BCUT2D eigenvalue weighted by molar-refractivity contribution is -0.136. The average molecular weight is 885 g/mol. The van der Waals surface area contributed by atoms with E-state index in [9.17, 15) is 37.5 Å². The van der Waals surface area contributed by atoms with Crippen molar-refractivity contribution in [2.45, 2.75) is 62.7 Å². The number of alkyl halides is 3. The molecule has 0 bridgehead atoms. The van der Waals surface area contributed by atoms with Crippen LogP contribution in [0.4, 0.5) is 26.0 Å². The Morgan fingerprint density at radius 3 is 2.60 bits per heavy atom. The van der Waals surface area contributed by atoms with Crippen LogP contribution in [-0.2, 0) is 27.3 Å². The van der Waals surface area contributed by atoms with Crippen LogP contribution in [0.1, 0.15) is 68.9 Å². The molecule has 0 radical (unpaired) electrons. The zero-order valence-corrected chi connectivity index (χ0v) is 34.0. The van der Waals surface area contributed by atoms with E-state index in [4.69, 9.17) is 11.6 Å². The van der Waals surface area contributed by atoms with Gasteiger partial charge in [0.15, 0.2) is 0 Å². The summed E-state index contributed by atoms with van der Waals surface area (Å²) in [6, 6.07) is 12.4. The predicted molar refractivity (Wildman–Crippen MR) is 221 cm³/mol. The van der Waals surface area contributed by atoms with Gasteiger partial charge in [0.1, 0.15) is 17.6 Å². The molecule has 19 nitrogen and oxygen atoms in total. The van der Waals surface area contributed by atoms with E-state index in [-0.39, 0.29) is 53.7 Å². The third-order valence-electron chi connectivity index (χ3n) is 10.7. The number of anilines is 3. The van der Waals surface area contributed by atoms with E-state index in [0.29, 0.717) is 79.6 Å². The van der Waals surface area contributed by atoms with Gasteiger partial charge in [0.2, 0.25) is 17.7 Å². The Kier molecular flexibility index (Phi) is 12.1. The number of aromatic nitrogens is 6. The van der Waals surface area contributed by atoms with Crippen LogP contribution < -0.4 is 30.9 Å². The Morgan fingerprint density at radius 1 is 1.02 bits per heavy atom. The van der Waals surface area contributed by atoms with Crippen molar-refractivity contribution >= 4 is 64.2 Å². The van der Waals surface area contributed by atoms with Gasteiger partial charge in [-0.1, -0.05) is 11.3 Å². The summed E-state index contributed by atoms with van der Waals surface area (Å²) >= 11 is 4.82. The molecule has 0 aliphatic carbocycles. The maximum absolute atomic E-state index is 13.4. The average Bonchev–Trinajstić information content (AvgIpc) is 4.08. The highest BCUT2D eigenvalue weighted by molar-refractivity contribution is 6.25. The van der Waals surface area contributed by atoms with Crippen molar-refractivity contribution in [3.63, 3.8) is 0 Å². The quantitative estimate of drug-likeness (QED) is 0.0703. The molecular weight excluding hydrogens is 846 g/mol. The van der Waals surface area contributed by atoms with E-state index in [2.05, 4.69) is 51.5 Å². The second kappa shape index (κ2) is 18.0. The minimum absolute atomic E-state index is 0.0325. The lowest BCUT2D eigenvalue weighted by Crippen LogP contribution is -2.54. The molecule has 5 N–H and O–H groups in total. The number of carbonyl (C=O) groups is 6. The number of aromatic amines is 1. The van der Waals surface area contributed by atoms with Crippen molar-refractivity contribution in [3.8, 4) is 17.0 Å². The van der Waals surface area contributed by atoms with Gasteiger partial charge in [0.25, 0.3) is 17.7 Å².